The molecular weight excluding hydrogens is 686 g/mol. The zero-order chi connectivity index (χ0) is 33.5. The van der Waals surface area contributed by atoms with E-state index in [2.05, 4.69) is 29.8 Å². The van der Waals surface area contributed by atoms with Crippen LogP contribution in [-0.4, -0.2) is 23.1 Å². The van der Waals surface area contributed by atoms with Crippen molar-refractivity contribution in [3.63, 3.8) is 0 Å². The highest BCUT2D eigenvalue weighted by Crippen LogP contribution is 2.39. The molecule has 0 saturated heterocycles. The van der Waals surface area contributed by atoms with Gasteiger partial charge in [-0.05, 0) is 47.7 Å². The smallest absolute Gasteiger partial charge is 0.338 e. The van der Waals surface area contributed by atoms with Crippen LogP contribution in [0.25, 0.3) is 11.3 Å². The van der Waals surface area contributed by atoms with Crippen molar-refractivity contribution in [2.75, 3.05) is 11.5 Å². The van der Waals surface area contributed by atoms with Gasteiger partial charge in [0, 0.05) is 15.6 Å². The largest absolute Gasteiger partial charge is 0.463 e. The topological polar surface area (TPSA) is 81.0 Å². The maximum Gasteiger partial charge on any atom is 0.338 e. The molecule has 1 amide bonds. The fourth-order valence-corrected chi connectivity index (χ4v) is 7.77. The van der Waals surface area contributed by atoms with Gasteiger partial charge in [-0.15, -0.1) is 0 Å². The van der Waals surface area contributed by atoms with Crippen LogP contribution in [0.5, 0.6) is 0 Å². The fourth-order valence-electron chi connectivity index (χ4n) is 6.32. The van der Waals surface area contributed by atoms with Crippen LogP contribution >= 0.6 is 27.3 Å². The first-order valence-corrected chi connectivity index (χ1v) is 17.4. The molecule has 3 heterocycles. The van der Waals surface area contributed by atoms with Crippen molar-refractivity contribution in [3.8, 4) is 0 Å². The summed E-state index contributed by atoms with van der Waals surface area (Å²) in [5, 5.41) is 0. The molecule has 0 spiro atoms. The van der Waals surface area contributed by atoms with Gasteiger partial charge in [0.25, 0.3) is 11.5 Å². The highest BCUT2D eigenvalue weighted by Gasteiger charge is 2.38. The summed E-state index contributed by atoms with van der Waals surface area (Å²) < 4.78 is 8.24. The Morgan fingerprint density at radius 2 is 1.62 bits per heavy atom. The van der Waals surface area contributed by atoms with E-state index in [1.165, 1.54) is 11.3 Å². The first kappa shape index (κ1) is 31.7. The quantitative estimate of drug-likeness (QED) is 0.175. The zero-order valence-corrected chi connectivity index (χ0v) is 29.0. The molecular formula is C39H32BrN3O4S. The molecule has 2 aliphatic heterocycles. The maximum absolute atomic E-state index is 14.8. The average molecular weight is 719 g/mol. The number of carbonyl (C=O) groups is 2. The van der Waals surface area contributed by atoms with Gasteiger partial charge in [-0.25, -0.2) is 9.79 Å². The minimum atomic E-state index is -0.829. The van der Waals surface area contributed by atoms with E-state index in [0.717, 1.165) is 32.4 Å². The number of hydrogen-bond acceptors (Lipinski definition) is 6. The van der Waals surface area contributed by atoms with E-state index in [1.54, 1.807) is 16.4 Å². The number of benzene rings is 4. The summed E-state index contributed by atoms with van der Waals surface area (Å²) in [6.07, 6.45) is 0. The standard InChI is InChI=1S/C39H32BrN3O4S/c1-4-47-38(46)32-33(26-13-9-6-10-14-26)41-39-43(34(32)27-17-15-25(16-18-27)23(2)3)37(45)35(48-39)31-29-21-28(40)19-20-30(29)42(36(31)44)22-24-11-7-5-8-12-24/h5-21,23,34H,4,22H2,1-3H3/b35-31-/t34-/m0/s1. The van der Waals surface area contributed by atoms with Gasteiger partial charge in [-0.3, -0.25) is 14.2 Å². The van der Waals surface area contributed by atoms with Gasteiger partial charge < -0.3 is 9.64 Å². The summed E-state index contributed by atoms with van der Waals surface area (Å²) >= 11 is 4.75. The predicted molar refractivity (Wildman–Crippen MR) is 192 cm³/mol. The van der Waals surface area contributed by atoms with Crippen LogP contribution in [-0.2, 0) is 20.9 Å². The van der Waals surface area contributed by atoms with Crippen molar-refractivity contribution in [3.05, 3.63) is 161 Å². The first-order chi connectivity index (χ1) is 23.3. The third-order valence-electron chi connectivity index (χ3n) is 8.66. The minimum absolute atomic E-state index is 0.162. The second-order valence-electron chi connectivity index (χ2n) is 12.0. The molecule has 0 unspecified atom stereocenters. The molecule has 0 bridgehead atoms. The summed E-state index contributed by atoms with van der Waals surface area (Å²) in [5.41, 5.74) is 5.62. The molecule has 9 heteroatoms. The Morgan fingerprint density at radius 1 is 0.938 bits per heavy atom. The number of halogens is 1. The van der Waals surface area contributed by atoms with Crippen molar-refractivity contribution >= 4 is 56.1 Å². The third kappa shape index (κ3) is 5.56. The molecule has 0 radical (unpaired) electrons. The fraction of sp³-hybridized carbons (Fsp3) is 0.179. The molecule has 0 aliphatic carbocycles. The average Bonchev–Trinajstić information content (AvgIpc) is 3.56. The van der Waals surface area contributed by atoms with Crippen molar-refractivity contribution in [2.24, 2.45) is 4.99 Å². The second kappa shape index (κ2) is 13.0. The molecule has 0 N–H and O–H groups in total. The Balaban J connectivity index is 1.51. The molecule has 48 heavy (non-hydrogen) atoms. The summed E-state index contributed by atoms with van der Waals surface area (Å²) in [7, 11) is 0. The number of nitrogens with zero attached hydrogens (tertiary/aromatic N) is 3. The van der Waals surface area contributed by atoms with Gasteiger partial charge in [-0.2, -0.15) is 0 Å². The summed E-state index contributed by atoms with van der Waals surface area (Å²) in [5.74, 6) is -0.506. The molecule has 1 atom stereocenters. The molecule has 7 nitrogen and oxygen atoms in total. The van der Waals surface area contributed by atoms with E-state index in [4.69, 9.17) is 9.73 Å². The summed E-state index contributed by atoms with van der Waals surface area (Å²) in [6.45, 7) is 6.51. The molecule has 0 fully saturated rings. The Labute approximate surface area is 290 Å². The van der Waals surface area contributed by atoms with Crippen LogP contribution in [0, 0.1) is 0 Å². The Kier molecular flexibility index (Phi) is 8.58. The van der Waals surface area contributed by atoms with Gasteiger partial charge in [-0.1, -0.05) is 126 Å². The lowest BCUT2D eigenvalue weighted by molar-refractivity contribution is -0.138. The van der Waals surface area contributed by atoms with Crippen LogP contribution in [0.2, 0.25) is 0 Å². The van der Waals surface area contributed by atoms with Crippen molar-refractivity contribution in [2.45, 2.75) is 39.3 Å². The Hall–Kier alpha value is -4.86. The lowest BCUT2D eigenvalue weighted by Crippen LogP contribution is -2.41. The van der Waals surface area contributed by atoms with Crippen LogP contribution < -0.4 is 19.8 Å². The van der Waals surface area contributed by atoms with Gasteiger partial charge in [0.15, 0.2) is 4.80 Å². The number of esters is 1. The number of rotatable bonds is 7. The van der Waals surface area contributed by atoms with E-state index in [1.807, 2.05) is 103 Å². The number of thiazole rings is 1. The minimum Gasteiger partial charge on any atom is -0.463 e. The monoisotopic (exact) mass is 717 g/mol. The van der Waals surface area contributed by atoms with E-state index >= 15 is 0 Å². The van der Waals surface area contributed by atoms with E-state index in [-0.39, 0.29) is 28.2 Å². The maximum atomic E-state index is 14.8. The van der Waals surface area contributed by atoms with E-state index in [0.29, 0.717) is 34.1 Å². The van der Waals surface area contributed by atoms with Gasteiger partial charge in [0.2, 0.25) is 0 Å². The first-order valence-electron chi connectivity index (χ1n) is 15.8. The van der Waals surface area contributed by atoms with Gasteiger partial charge >= 0.3 is 5.97 Å². The van der Waals surface area contributed by atoms with Crippen LogP contribution in [0.1, 0.15) is 60.5 Å². The van der Waals surface area contributed by atoms with Crippen LogP contribution in [0.15, 0.2) is 123 Å². The number of aromatic nitrogens is 1. The molecule has 0 saturated carbocycles. The van der Waals surface area contributed by atoms with E-state index < -0.39 is 12.0 Å². The van der Waals surface area contributed by atoms with Crippen molar-refractivity contribution < 1.29 is 14.3 Å². The second-order valence-corrected chi connectivity index (χ2v) is 13.9. The predicted octanol–water partition coefficient (Wildman–Crippen LogP) is 6.74. The van der Waals surface area contributed by atoms with Crippen molar-refractivity contribution in [1.82, 2.24) is 4.57 Å². The molecule has 4 aromatic carbocycles. The normalized spacial score (nSPS) is 16.6. The highest BCUT2D eigenvalue weighted by molar-refractivity contribution is 9.10. The number of anilines is 1. The number of fused-ring (bicyclic) bond motifs is 2. The summed E-state index contributed by atoms with van der Waals surface area (Å²) in [4.78, 5) is 50.1. The van der Waals surface area contributed by atoms with Gasteiger partial charge in [0.05, 0.1) is 41.7 Å². The number of ether oxygens (including phenoxy) is 1. The number of hydrogen-bond donors (Lipinski definition) is 0. The lowest BCUT2D eigenvalue weighted by Gasteiger charge is -2.26. The molecule has 7 rings (SSSR count). The van der Waals surface area contributed by atoms with Crippen LogP contribution in [0.3, 0.4) is 0 Å². The van der Waals surface area contributed by atoms with Crippen molar-refractivity contribution in [1.29, 1.82) is 0 Å². The highest BCUT2D eigenvalue weighted by atomic mass is 79.9. The SMILES string of the molecule is CCOC(=O)C1=C(c2ccccc2)N=c2s/c(=C3\C(=O)N(Cc4ccccc4)c4ccc(Br)cc43)c(=O)n2[C@H]1c1ccc(C(C)C)cc1. The van der Waals surface area contributed by atoms with Crippen LogP contribution in [0.4, 0.5) is 5.69 Å². The third-order valence-corrected chi connectivity index (χ3v) is 10.2. The number of amides is 1. The summed E-state index contributed by atoms with van der Waals surface area (Å²) in [6, 6.07) is 32.1. The molecule has 1 aromatic heterocycles. The molecule has 240 valence electrons. The Morgan fingerprint density at radius 3 is 2.29 bits per heavy atom. The van der Waals surface area contributed by atoms with Gasteiger partial charge in [0.1, 0.15) is 4.53 Å². The molecule has 2 aliphatic rings. The van der Waals surface area contributed by atoms with E-state index in [9.17, 15) is 14.4 Å². The Bertz CT molecular complexity index is 2270. The zero-order valence-electron chi connectivity index (χ0n) is 26.6. The number of carbonyl (C=O) groups excluding carboxylic acids is 2. The lowest BCUT2D eigenvalue weighted by atomic mass is 9.91. The molecule has 5 aromatic rings.